The summed E-state index contributed by atoms with van der Waals surface area (Å²) < 4.78 is 5.34. The maximum Gasteiger partial charge on any atom is 0.0469 e. The zero-order valence-electron chi connectivity index (χ0n) is 9.15. The third kappa shape index (κ3) is 2.36. The van der Waals surface area contributed by atoms with E-state index in [2.05, 4.69) is 11.1 Å². The summed E-state index contributed by atoms with van der Waals surface area (Å²) in [7, 11) is 0. The maximum absolute atomic E-state index is 6.28. The molecule has 1 saturated heterocycles. The molecule has 0 amide bonds. The summed E-state index contributed by atoms with van der Waals surface area (Å²) in [6, 6.07) is 4.16. The third-order valence-corrected chi connectivity index (χ3v) is 3.18. The predicted molar refractivity (Wildman–Crippen MR) is 59.4 cm³/mol. The van der Waals surface area contributed by atoms with E-state index in [1.165, 1.54) is 5.56 Å². The molecule has 1 aliphatic rings. The van der Waals surface area contributed by atoms with E-state index in [1.54, 1.807) is 0 Å². The van der Waals surface area contributed by atoms with Crippen LogP contribution in [0.1, 0.15) is 30.1 Å². The summed E-state index contributed by atoms with van der Waals surface area (Å²) in [5.41, 5.74) is 8.51. The van der Waals surface area contributed by atoms with Crippen LogP contribution in [0.15, 0.2) is 18.3 Å². The smallest absolute Gasteiger partial charge is 0.0469 e. The summed E-state index contributed by atoms with van der Waals surface area (Å²) >= 11 is 0. The highest BCUT2D eigenvalue weighted by Gasteiger charge is 2.23. The van der Waals surface area contributed by atoms with E-state index in [0.29, 0.717) is 5.92 Å². The van der Waals surface area contributed by atoms with E-state index >= 15 is 0 Å². The van der Waals surface area contributed by atoms with Crippen molar-refractivity contribution >= 4 is 0 Å². The van der Waals surface area contributed by atoms with Crippen LogP contribution in [0.5, 0.6) is 0 Å². The maximum atomic E-state index is 6.28. The van der Waals surface area contributed by atoms with Crippen LogP contribution in [0.4, 0.5) is 0 Å². The number of ether oxygens (including phenoxy) is 1. The SMILES string of the molecule is Cc1ncccc1C(N)C1CCOCC1. The Labute approximate surface area is 90.7 Å². The average molecular weight is 206 g/mol. The fourth-order valence-corrected chi connectivity index (χ4v) is 2.18. The van der Waals surface area contributed by atoms with E-state index in [9.17, 15) is 0 Å². The summed E-state index contributed by atoms with van der Waals surface area (Å²) in [4.78, 5) is 4.28. The van der Waals surface area contributed by atoms with Crippen molar-refractivity contribution in [2.45, 2.75) is 25.8 Å². The standard InChI is InChI=1S/C12H18N2O/c1-9-11(3-2-6-14-9)12(13)10-4-7-15-8-5-10/h2-3,6,10,12H,4-5,7-8,13H2,1H3. The molecule has 15 heavy (non-hydrogen) atoms. The van der Waals surface area contributed by atoms with Crippen LogP contribution in [0, 0.1) is 12.8 Å². The Bertz CT molecular complexity index is 321. The molecule has 2 N–H and O–H groups in total. The molecule has 1 aliphatic heterocycles. The fraction of sp³-hybridized carbons (Fsp3) is 0.583. The largest absolute Gasteiger partial charge is 0.381 e. The van der Waals surface area contributed by atoms with Gasteiger partial charge in [0.25, 0.3) is 0 Å². The van der Waals surface area contributed by atoms with Crippen LogP contribution in [-0.2, 0) is 4.74 Å². The Morgan fingerprint density at radius 2 is 2.20 bits per heavy atom. The van der Waals surface area contributed by atoms with Gasteiger partial charge in [-0.15, -0.1) is 0 Å². The molecule has 2 heterocycles. The van der Waals surface area contributed by atoms with Crippen molar-refractivity contribution in [1.29, 1.82) is 0 Å². The molecule has 1 unspecified atom stereocenters. The number of nitrogens with two attached hydrogens (primary N) is 1. The van der Waals surface area contributed by atoms with Gasteiger partial charge in [-0.3, -0.25) is 4.98 Å². The molecule has 1 atom stereocenters. The van der Waals surface area contributed by atoms with E-state index in [1.807, 2.05) is 19.2 Å². The van der Waals surface area contributed by atoms with Crippen LogP contribution in [0.3, 0.4) is 0 Å². The van der Waals surface area contributed by atoms with Gasteiger partial charge in [0, 0.05) is 31.1 Å². The van der Waals surface area contributed by atoms with Gasteiger partial charge in [-0.05, 0) is 37.3 Å². The quantitative estimate of drug-likeness (QED) is 0.803. The minimum absolute atomic E-state index is 0.114. The molecule has 82 valence electrons. The summed E-state index contributed by atoms with van der Waals surface area (Å²) in [6.07, 6.45) is 3.94. The first-order chi connectivity index (χ1) is 7.29. The first-order valence-electron chi connectivity index (χ1n) is 5.54. The number of pyridine rings is 1. The van der Waals surface area contributed by atoms with E-state index < -0.39 is 0 Å². The van der Waals surface area contributed by atoms with Crippen molar-refractivity contribution in [3.8, 4) is 0 Å². The number of nitrogens with zero attached hydrogens (tertiary/aromatic N) is 1. The molecule has 3 nitrogen and oxygen atoms in total. The summed E-state index contributed by atoms with van der Waals surface area (Å²) in [5, 5.41) is 0. The van der Waals surface area contributed by atoms with Crippen molar-refractivity contribution in [2.75, 3.05) is 13.2 Å². The highest BCUT2D eigenvalue weighted by Crippen LogP contribution is 2.28. The summed E-state index contributed by atoms with van der Waals surface area (Å²) in [6.45, 7) is 3.71. The van der Waals surface area contributed by atoms with Crippen molar-refractivity contribution in [3.05, 3.63) is 29.6 Å². The van der Waals surface area contributed by atoms with Gasteiger partial charge in [-0.25, -0.2) is 0 Å². The molecule has 0 aliphatic carbocycles. The lowest BCUT2D eigenvalue weighted by molar-refractivity contribution is 0.0582. The number of hydrogen-bond donors (Lipinski definition) is 1. The van der Waals surface area contributed by atoms with Crippen molar-refractivity contribution in [1.82, 2.24) is 4.98 Å². The molecule has 0 aromatic carbocycles. The van der Waals surface area contributed by atoms with Crippen LogP contribution in [-0.4, -0.2) is 18.2 Å². The van der Waals surface area contributed by atoms with Crippen LogP contribution in [0.2, 0.25) is 0 Å². The topological polar surface area (TPSA) is 48.1 Å². The summed E-state index contributed by atoms with van der Waals surface area (Å²) in [5.74, 6) is 0.543. The molecule has 3 heteroatoms. The Kier molecular flexibility index (Phi) is 3.34. The van der Waals surface area contributed by atoms with Crippen LogP contribution < -0.4 is 5.73 Å². The lowest BCUT2D eigenvalue weighted by Crippen LogP contribution is -2.28. The average Bonchev–Trinajstić information content (AvgIpc) is 2.30. The number of hydrogen-bond acceptors (Lipinski definition) is 3. The monoisotopic (exact) mass is 206 g/mol. The first kappa shape index (κ1) is 10.6. The highest BCUT2D eigenvalue weighted by molar-refractivity contribution is 5.22. The van der Waals surface area contributed by atoms with Crippen molar-refractivity contribution < 1.29 is 4.74 Å². The Morgan fingerprint density at radius 1 is 1.47 bits per heavy atom. The molecule has 0 spiro atoms. The molecule has 1 fully saturated rings. The molecule has 1 aromatic rings. The van der Waals surface area contributed by atoms with Gasteiger partial charge in [0.1, 0.15) is 0 Å². The minimum atomic E-state index is 0.114. The first-order valence-corrected chi connectivity index (χ1v) is 5.54. The van der Waals surface area contributed by atoms with E-state index in [4.69, 9.17) is 10.5 Å². The molecular weight excluding hydrogens is 188 g/mol. The van der Waals surface area contributed by atoms with Crippen LogP contribution >= 0.6 is 0 Å². The predicted octanol–water partition coefficient (Wildman–Crippen LogP) is 1.82. The molecule has 1 aromatic heterocycles. The molecular formula is C12H18N2O. The highest BCUT2D eigenvalue weighted by atomic mass is 16.5. The van der Waals surface area contributed by atoms with Gasteiger partial charge in [0.05, 0.1) is 0 Å². The second kappa shape index (κ2) is 4.73. The van der Waals surface area contributed by atoms with Gasteiger partial charge < -0.3 is 10.5 Å². The van der Waals surface area contributed by atoms with Crippen LogP contribution in [0.25, 0.3) is 0 Å². The Morgan fingerprint density at radius 3 is 2.87 bits per heavy atom. The van der Waals surface area contributed by atoms with Gasteiger partial charge >= 0.3 is 0 Å². The molecule has 0 bridgehead atoms. The second-order valence-corrected chi connectivity index (χ2v) is 4.15. The Balaban J connectivity index is 2.12. The van der Waals surface area contributed by atoms with Gasteiger partial charge in [-0.2, -0.15) is 0 Å². The fourth-order valence-electron chi connectivity index (χ4n) is 2.18. The minimum Gasteiger partial charge on any atom is -0.381 e. The number of aryl methyl sites for hydroxylation is 1. The number of aromatic nitrogens is 1. The zero-order valence-corrected chi connectivity index (χ0v) is 9.15. The molecule has 0 radical (unpaired) electrons. The third-order valence-electron chi connectivity index (χ3n) is 3.18. The normalized spacial score (nSPS) is 20.1. The van der Waals surface area contributed by atoms with Gasteiger partial charge in [0.2, 0.25) is 0 Å². The van der Waals surface area contributed by atoms with Crippen molar-refractivity contribution in [3.63, 3.8) is 0 Å². The zero-order chi connectivity index (χ0) is 10.7. The second-order valence-electron chi connectivity index (χ2n) is 4.15. The van der Waals surface area contributed by atoms with Gasteiger partial charge in [-0.1, -0.05) is 6.07 Å². The van der Waals surface area contributed by atoms with Crippen molar-refractivity contribution in [2.24, 2.45) is 11.7 Å². The number of rotatable bonds is 2. The van der Waals surface area contributed by atoms with Gasteiger partial charge in [0.15, 0.2) is 0 Å². The van der Waals surface area contributed by atoms with E-state index in [-0.39, 0.29) is 6.04 Å². The lowest BCUT2D eigenvalue weighted by Gasteiger charge is -2.28. The Hall–Kier alpha value is -0.930. The molecule has 2 rings (SSSR count). The molecule has 0 saturated carbocycles. The lowest BCUT2D eigenvalue weighted by atomic mass is 9.87. The van der Waals surface area contributed by atoms with E-state index in [0.717, 1.165) is 31.7 Å².